The number of hydrogen-bond donors (Lipinski definition) is 0. The van der Waals surface area contributed by atoms with Crippen molar-refractivity contribution in [2.75, 3.05) is 19.6 Å². The molecule has 0 aromatic heterocycles. The summed E-state index contributed by atoms with van der Waals surface area (Å²) in [6.07, 6.45) is 5.32. The number of rotatable bonds is 14. The zero-order valence-electron chi connectivity index (χ0n) is 19.5. The molecule has 0 aliphatic heterocycles. The normalized spacial score (nSPS) is 11.0. The summed E-state index contributed by atoms with van der Waals surface area (Å²) in [7, 11) is 0. The molecule has 3 rings (SSSR count). The predicted molar refractivity (Wildman–Crippen MR) is 134 cm³/mol. The maximum Gasteiger partial charge on any atom is 0.311 e. The molecule has 0 unspecified atom stereocenters. The van der Waals surface area contributed by atoms with Crippen LogP contribution in [0.25, 0.3) is 0 Å². The molecule has 5 nitrogen and oxygen atoms in total. The first-order chi connectivity index (χ1) is 16.2. The van der Waals surface area contributed by atoms with Crippen LogP contribution in [-0.2, 0) is 19.4 Å². The molecule has 3 aromatic rings. The quantitative estimate of drug-likeness (QED) is 0.162. The second-order valence-corrected chi connectivity index (χ2v) is 8.37. The van der Waals surface area contributed by atoms with E-state index in [0.717, 1.165) is 56.4 Å². The Balaban J connectivity index is 1.51. The van der Waals surface area contributed by atoms with Gasteiger partial charge in [0.1, 0.15) is 6.61 Å². The van der Waals surface area contributed by atoms with Gasteiger partial charge in [-0.15, -0.1) is 0 Å². The lowest BCUT2D eigenvalue weighted by Crippen LogP contribution is -2.28. The molecule has 0 atom stereocenters. The fraction of sp³-hybridized carbons (Fsp3) is 0.357. The molecule has 0 N–H and O–H groups in total. The largest absolute Gasteiger partial charge is 0.482 e. The molecule has 5 heteroatoms. The zero-order chi connectivity index (χ0) is 23.3. The zero-order valence-corrected chi connectivity index (χ0v) is 19.5. The van der Waals surface area contributed by atoms with Crippen molar-refractivity contribution in [3.8, 4) is 5.75 Å². The summed E-state index contributed by atoms with van der Waals surface area (Å²) >= 11 is 0. The van der Waals surface area contributed by atoms with Crippen LogP contribution in [0.5, 0.6) is 5.75 Å². The third-order valence-corrected chi connectivity index (χ3v) is 5.75. The maximum atomic E-state index is 11.6. The third kappa shape index (κ3) is 8.35. The minimum atomic E-state index is -0.350. The second-order valence-electron chi connectivity index (χ2n) is 8.37. The molecular formula is C28H34N2O3. The van der Waals surface area contributed by atoms with Gasteiger partial charge in [0.25, 0.3) is 0 Å². The summed E-state index contributed by atoms with van der Waals surface area (Å²) in [6, 6.07) is 25.7. The van der Waals surface area contributed by atoms with Crippen LogP contribution in [0.1, 0.15) is 42.9 Å². The van der Waals surface area contributed by atoms with Gasteiger partial charge >= 0.3 is 5.69 Å². The molecule has 0 bridgehead atoms. The van der Waals surface area contributed by atoms with Crippen molar-refractivity contribution in [3.63, 3.8) is 0 Å². The molecule has 3 aromatic carbocycles. The number of hydrogen-bond acceptors (Lipinski definition) is 4. The first kappa shape index (κ1) is 24.5. The predicted octanol–water partition coefficient (Wildman–Crippen LogP) is 6.45. The lowest BCUT2D eigenvalue weighted by molar-refractivity contribution is -0.386. The van der Waals surface area contributed by atoms with E-state index < -0.39 is 0 Å². The highest BCUT2D eigenvalue weighted by molar-refractivity contribution is 5.49. The molecule has 0 saturated heterocycles. The van der Waals surface area contributed by atoms with Gasteiger partial charge in [-0.25, -0.2) is 0 Å². The minimum Gasteiger partial charge on any atom is -0.482 e. The summed E-state index contributed by atoms with van der Waals surface area (Å²) in [5.41, 5.74) is 3.38. The first-order valence-corrected chi connectivity index (χ1v) is 11.9. The van der Waals surface area contributed by atoms with Gasteiger partial charge < -0.3 is 9.64 Å². The average Bonchev–Trinajstić information content (AvgIpc) is 2.85. The molecule has 0 aliphatic carbocycles. The Kier molecular flexibility index (Phi) is 9.92. The Morgan fingerprint density at radius 2 is 1.48 bits per heavy atom. The lowest BCUT2D eigenvalue weighted by atomic mass is 10.1. The maximum absolute atomic E-state index is 11.6. The molecule has 0 saturated carbocycles. The van der Waals surface area contributed by atoms with E-state index >= 15 is 0 Å². The van der Waals surface area contributed by atoms with Gasteiger partial charge in [-0.05, 0) is 68.0 Å². The monoisotopic (exact) mass is 446 g/mol. The van der Waals surface area contributed by atoms with E-state index in [1.165, 1.54) is 12.0 Å². The third-order valence-electron chi connectivity index (χ3n) is 5.75. The van der Waals surface area contributed by atoms with Crippen LogP contribution in [0.4, 0.5) is 5.69 Å². The average molecular weight is 447 g/mol. The summed E-state index contributed by atoms with van der Waals surface area (Å²) in [4.78, 5) is 13.8. The fourth-order valence-electron chi connectivity index (χ4n) is 3.97. The molecule has 33 heavy (non-hydrogen) atoms. The standard InChI is InChI=1S/C28H34N2O3/c1-2-19-29(20-10-9-13-24-11-5-3-6-12-24)21-18-25-16-17-28(27(22-25)30(31)32)33-23-26-14-7-4-8-15-26/h3-8,11-12,14-17,22H,2,9-10,13,18-21,23H2,1H3. The van der Waals surface area contributed by atoms with Crippen LogP contribution in [0.15, 0.2) is 78.9 Å². The summed E-state index contributed by atoms with van der Waals surface area (Å²) < 4.78 is 5.75. The summed E-state index contributed by atoms with van der Waals surface area (Å²) in [5.74, 6) is 0.318. The van der Waals surface area contributed by atoms with Crippen molar-refractivity contribution in [1.29, 1.82) is 0 Å². The van der Waals surface area contributed by atoms with E-state index in [1.807, 2.05) is 36.4 Å². The van der Waals surface area contributed by atoms with E-state index in [9.17, 15) is 10.1 Å². The fourth-order valence-corrected chi connectivity index (χ4v) is 3.97. The molecule has 174 valence electrons. The topological polar surface area (TPSA) is 55.6 Å². The van der Waals surface area contributed by atoms with Crippen LogP contribution in [0, 0.1) is 10.1 Å². The highest BCUT2D eigenvalue weighted by Crippen LogP contribution is 2.29. The minimum absolute atomic E-state index is 0.0355. The summed E-state index contributed by atoms with van der Waals surface area (Å²) in [6.45, 7) is 5.52. The van der Waals surface area contributed by atoms with Crippen LogP contribution in [0.3, 0.4) is 0 Å². The number of nitrogens with zero attached hydrogens (tertiary/aromatic N) is 2. The molecule has 0 spiro atoms. The van der Waals surface area contributed by atoms with Crippen molar-refractivity contribution in [2.45, 2.75) is 45.6 Å². The molecule has 0 amide bonds. The van der Waals surface area contributed by atoms with Crippen LogP contribution in [-0.4, -0.2) is 29.5 Å². The number of aryl methyl sites for hydroxylation is 1. The van der Waals surface area contributed by atoms with Crippen LogP contribution in [0.2, 0.25) is 0 Å². The van der Waals surface area contributed by atoms with Gasteiger partial charge in [0.15, 0.2) is 5.75 Å². The van der Waals surface area contributed by atoms with Crippen molar-refractivity contribution >= 4 is 5.69 Å². The van der Waals surface area contributed by atoms with Gasteiger partial charge in [0, 0.05) is 12.6 Å². The Morgan fingerprint density at radius 1 is 0.788 bits per heavy atom. The number of unbranched alkanes of at least 4 members (excludes halogenated alkanes) is 1. The molecule has 0 radical (unpaired) electrons. The van der Waals surface area contributed by atoms with Crippen molar-refractivity contribution in [3.05, 3.63) is 106 Å². The van der Waals surface area contributed by atoms with Crippen LogP contribution < -0.4 is 4.74 Å². The number of benzene rings is 3. The van der Waals surface area contributed by atoms with Crippen molar-refractivity contribution in [1.82, 2.24) is 4.90 Å². The van der Waals surface area contributed by atoms with E-state index in [2.05, 4.69) is 42.2 Å². The second kappa shape index (κ2) is 13.4. The van der Waals surface area contributed by atoms with E-state index in [0.29, 0.717) is 12.4 Å². The Labute approximate surface area is 197 Å². The summed E-state index contributed by atoms with van der Waals surface area (Å²) in [5, 5.41) is 11.6. The smallest absolute Gasteiger partial charge is 0.311 e. The molecule has 0 heterocycles. The van der Waals surface area contributed by atoms with Gasteiger partial charge in [-0.1, -0.05) is 73.7 Å². The lowest BCUT2D eigenvalue weighted by Gasteiger charge is -2.21. The molecule has 0 fully saturated rings. The van der Waals surface area contributed by atoms with E-state index in [4.69, 9.17) is 4.74 Å². The van der Waals surface area contributed by atoms with Gasteiger partial charge in [-0.2, -0.15) is 0 Å². The highest BCUT2D eigenvalue weighted by atomic mass is 16.6. The van der Waals surface area contributed by atoms with Crippen molar-refractivity contribution in [2.24, 2.45) is 0 Å². The van der Waals surface area contributed by atoms with E-state index in [1.54, 1.807) is 12.1 Å². The number of nitro groups is 1. The van der Waals surface area contributed by atoms with Crippen molar-refractivity contribution < 1.29 is 9.66 Å². The number of ether oxygens (including phenoxy) is 1. The van der Waals surface area contributed by atoms with Gasteiger partial charge in [0.2, 0.25) is 0 Å². The Morgan fingerprint density at radius 3 is 2.15 bits per heavy atom. The SMILES string of the molecule is CCCN(CCCCc1ccccc1)CCc1ccc(OCc2ccccc2)c([N+](=O)[O-])c1. The van der Waals surface area contributed by atoms with Gasteiger partial charge in [-0.3, -0.25) is 10.1 Å². The van der Waals surface area contributed by atoms with E-state index in [-0.39, 0.29) is 10.6 Å². The Bertz CT molecular complexity index is 977. The Hall–Kier alpha value is -3.18. The van der Waals surface area contributed by atoms with Crippen LogP contribution >= 0.6 is 0 Å². The first-order valence-electron chi connectivity index (χ1n) is 11.9. The van der Waals surface area contributed by atoms with Gasteiger partial charge in [0.05, 0.1) is 4.92 Å². The highest BCUT2D eigenvalue weighted by Gasteiger charge is 2.17. The molecular weight excluding hydrogens is 412 g/mol. The molecule has 0 aliphatic rings. The number of nitro benzene ring substituents is 1.